The Morgan fingerprint density at radius 3 is 3.09 bits per heavy atom. The molecule has 1 unspecified atom stereocenters. The molecule has 2 fully saturated rings. The van der Waals surface area contributed by atoms with E-state index in [1.807, 2.05) is 7.11 Å². The molecule has 2 aliphatic heterocycles. The first-order valence-electron chi connectivity index (χ1n) is 4.66. The van der Waals surface area contributed by atoms with Crippen molar-refractivity contribution in [2.24, 2.45) is 0 Å². The smallest absolute Gasteiger partial charge is 0.0618 e. The van der Waals surface area contributed by atoms with Crippen molar-refractivity contribution in [3.63, 3.8) is 0 Å². The second kappa shape index (κ2) is 3.11. The summed E-state index contributed by atoms with van der Waals surface area (Å²) in [5.74, 6) is 0. The van der Waals surface area contributed by atoms with Gasteiger partial charge < -0.3 is 4.74 Å². The number of hydrogen-bond donors (Lipinski definition) is 0. The zero-order valence-corrected chi connectivity index (χ0v) is 7.25. The lowest BCUT2D eigenvalue weighted by atomic mass is 10.1. The normalized spacial score (nSPS) is 37.9. The summed E-state index contributed by atoms with van der Waals surface area (Å²) in [4.78, 5) is 2.64. The third-order valence-corrected chi connectivity index (χ3v) is 3.08. The minimum Gasteiger partial charge on any atom is -0.383 e. The van der Waals surface area contributed by atoms with Crippen LogP contribution in [-0.4, -0.2) is 37.2 Å². The molecule has 0 saturated carbocycles. The van der Waals surface area contributed by atoms with Gasteiger partial charge in [-0.1, -0.05) is 0 Å². The highest BCUT2D eigenvalue weighted by molar-refractivity contribution is 4.91. The number of fused-ring (bicyclic) bond motifs is 1. The van der Waals surface area contributed by atoms with E-state index in [0.717, 1.165) is 18.7 Å². The van der Waals surface area contributed by atoms with Gasteiger partial charge in [0, 0.05) is 19.2 Å². The van der Waals surface area contributed by atoms with Gasteiger partial charge in [0.1, 0.15) is 0 Å². The van der Waals surface area contributed by atoms with E-state index in [-0.39, 0.29) is 0 Å². The molecule has 0 N–H and O–H groups in total. The first-order chi connectivity index (χ1) is 5.42. The van der Waals surface area contributed by atoms with Gasteiger partial charge in [-0.2, -0.15) is 0 Å². The Balaban J connectivity index is 1.92. The van der Waals surface area contributed by atoms with Crippen molar-refractivity contribution in [1.29, 1.82) is 0 Å². The molecular weight excluding hydrogens is 138 g/mol. The molecule has 0 spiro atoms. The van der Waals surface area contributed by atoms with E-state index in [0.29, 0.717) is 0 Å². The highest BCUT2D eigenvalue weighted by Crippen LogP contribution is 2.32. The summed E-state index contributed by atoms with van der Waals surface area (Å²) < 4.78 is 5.19. The second-order valence-electron chi connectivity index (χ2n) is 3.72. The molecule has 2 nitrogen and oxygen atoms in total. The van der Waals surface area contributed by atoms with Gasteiger partial charge in [0.15, 0.2) is 0 Å². The summed E-state index contributed by atoms with van der Waals surface area (Å²) in [6.45, 7) is 2.26. The lowest BCUT2D eigenvalue weighted by Crippen LogP contribution is -2.34. The number of ether oxygens (including phenoxy) is 1. The van der Waals surface area contributed by atoms with Crippen molar-refractivity contribution in [2.45, 2.75) is 37.8 Å². The molecule has 0 aromatic heterocycles. The summed E-state index contributed by atoms with van der Waals surface area (Å²) in [6, 6.07) is 1.66. The Morgan fingerprint density at radius 2 is 2.27 bits per heavy atom. The lowest BCUT2D eigenvalue weighted by molar-refractivity contribution is 0.113. The van der Waals surface area contributed by atoms with Crippen molar-refractivity contribution in [1.82, 2.24) is 4.90 Å². The number of hydrogen-bond acceptors (Lipinski definition) is 2. The number of rotatable bonds is 2. The molecule has 2 rings (SSSR count). The van der Waals surface area contributed by atoms with E-state index in [4.69, 9.17) is 4.74 Å². The molecule has 64 valence electrons. The average molecular weight is 155 g/mol. The van der Waals surface area contributed by atoms with Gasteiger partial charge in [-0.15, -0.1) is 0 Å². The maximum absolute atomic E-state index is 5.19. The van der Waals surface area contributed by atoms with Crippen LogP contribution in [0.25, 0.3) is 0 Å². The SMILES string of the molecule is COCC1CC[C@H]2CCCN12. The summed E-state index contributed by atoms with van der Waals surface area (Å²) in [5.41, 5.74) is 0. The first kappa shape index (κ1) is 7.56. The molecule has 0 bridgehead atoms. The molecule has 2 aliphatic rings. The van der Waals surface area contributed by atoms with Crippen molar-refractivity contribution < 1.29 is 4.74 Å². The Hall–Kier alpha value is -0.0800. The molecule has 0 aromatic carbocycles. The van der Waals surface area contributed by atoms with Crippen LogP contribution in [0.3, 0.4) is 0 Å². The van der Waals surface area contributed by atoms with E-state index >= 15 is 0 Å². The Labute approximate surface area is 68.5 Å². The molecule has 2 saturated heterocycles. The van der Waals surface area contributed by atoms with Crippen LogP contribution in [0, 0.1) is 0 Å². The van der Waals surface area contributed by atoms with E-state index in [1.165, 1.54) is 32.2 Å². The van der Waals surface area contributed by atoms with Crippen LogP contribution in [-0.2, 0) is 4.74 Å². The molecule has 2 heteroatoms. The monoisotopic (exact) mass is 155 g/mol. The zero-order chi connectivity index (χ0) is 7.68. The molecule has 11 heavy (non-hydrogen) atoms. The third-order valence-electron chi connectivity index (χ3n) is 3.08. The maximum Gasteiger partial charge on any atom is 0.0618 e. The van der Waals surface area contributed by atoms with Crippen LogP contribution in [0.1, 0.15) is 25.7 Å². The fraction of sp³-hybridized carbons (Fsp3) is 1.00. The quantitative estimate of drug-likeness (QED) is 0.595. The third kappa shape index (κ3) is 1.30. The zero-order valence-electron chi connectivity index (χ0n) is 7.25. The van der Waals surface area contributed by atoms with E-state index in [9.17, 15) is 0 Å². The van der Waals surface area contributed by atoms with Crippen LogP contribution >= 0.6 is 0 Å². The minimum absolute atomic E-state index is 0.743. The topological polar surface area (TPSA) is 12.5 Å². The summed E-state index contributed by atoms with van der Waals surface area (Å²) in [7, 11) is 1.81. The lowest BCUT2D eigenvalue weighted by Gasteiger charge is -2.22. The number of nitrogens with zero attached hydrogens (tertiary/aromatic N) is 1. The highest BCUT2D eigenvalue weighted by atomic mass is 16.5. The van der Waals surface area contributed by atoms with Crippen LogP contribution in [0.5, 0.6) is 0 Å². The highest BCUT2D eigenvalue weighted by Gasteiger charge is 2.35. The van der Waals surface area contributed by atoms with Crippen molar-refractivity contribution >= 4 is 0 Å². The van der Waals surface area contributed by atoms with Crippen LogP contribution in [0.2, 0.25) is 0 Å². The summed E-state index contributed by atoms with van der Waals surface area (Å²) >= 11 is 0. The fourth-order valence-electron chi connectivity index (χ4n) is 2.57. The summed E-state index contributed by atoms with van der Waals surface area (Å²) in [5, 5.41) is 0. The van der Waals surface area contributed by atoms with Gasteiger partial charge in [0.25, 0.3) is 0 Å². The maximum atomic E-state index is 5.19. The van der Waals surface area contributed by atoms with Gasteiger partial charge in [0.2, 0.25) is 0 Å². The molecule has 2 atom stereocenters. The second-order valence-corrected chi connectivity index (χ2v) is 3.72. The summed E-state index contributed by atoms with van der Waals surface area (Å²) in [6.07, 6.45) is 5.61. The van der Waals surface area contributed by atoms with Crippen molar-refractivity contribution in [2.75, 3.05) is 20.3 Å². The molecular formula is C9H17NO. The van der Waals surface area contributed by atoms with Gasteiger partial charge in [-0.3, -0.25) is 4.90 Å². The standard InChI is InChI=1S/C9H17NO/c1-11-7-9-5-4-8-3-2-6-10(8)9/h8-9H,2-7H2,1H3/t8-,9?/m1/s1. The van der Waals surface area contributed by atoms with Crippen LogP contribution < -0.4 is 0 Å². The fourth-order valence-corrected chi connectivity index (χ4v) is 2.57. The molecule has 0 aliphatic carbocycles. The largest absolute Gasteiger partial charge is 0.383 e. The minimum atomic E-state index is 0.743. The van der Waals surface area contributed by atoms with Gasteiger partial charge >= 0.3 is 0 Å². The Kier molecular flexibility index (Phi) is 2.14. The van der Waals surface area contributed by atoms with Crippen LogP contribution in [0.15, 0.2) is 0 Å². The average Bonchev–Trinajstić information content (AvgIpc) is 2.53. The molecule has 2 heterocycles. The first-order valence-corrected chi connectivity index (χ1v) is 4.66. The predicted molar refractivity (Wildman–Crippen MR) is 44.6 cm³/mol. The predicted octanol–water partition coefficient (Wildman–Crippen LogP) is 1.26. The van der Waals surface area contributed by atoms with E-state index < -0.39 is 0 Å². The van der Waals surface area contributed by atoms with Crippen molar-refractivity contribution in [3.8, 4) is 0 Å². The Morgan fingerprint density at radius 1 is 1.36 bits per heavy atom. The van der Waals surface area contributed by atoms with Gasteiger partial charge in [-0.25, -0.2) is 0 Å². The van der Waals surface area contributed by atoms with E-state index in [2.05, 4.69) is 4.90 Å². The van der Waals surface area contributed by atoms with E-state index in [1.54, 1.807) is 0 Å². The molecule has 0 radical (unpaired) electrons. The Bertz CT molecular complexity index is 136. The van der Waals surface area contributed by atoms with Crippen LogP contribution in [0.4, 0.5) is 0 Å². The molecule has 0 aromatic rings. The number of methoxy groups -OCH3 is 1. The van der Waals surface area contributed by atoms with Crippen molar-refractivity contribution in [3.05, 3.63) is 0 Å². The van der Waals surface area contributed by atoms with Gasteiger partial charge in [-0.05, 0) is 32.2 Å². The molecule has 0 amide bonds. The van der Waals surface area contributed by atoms with Gasteiger partial charge in [0.05, 0.1) is 6.61 Å².